The molecule has 3 nitrogen and oxygen atoms in total. The van der Waals surface area contributed by atoms with E-state index in [1.165, 1.54) is 5.69 Å². The van der Waals surface area contributed by atoms with Crippen LogP contribution in [0.1, 0.15) is 19.4 Å². The highest BCUT2D eigenvalue weighted by Gasteiger charge is 2.14. The zero-order valence-electron chi connectivity index (χ0n) is 11.8. The van der Waals surface area contributed by atoms with Gasteiger partial charge in [-0.3, -0.25) is 0 Å². The van der Waals surface area contributed by atoms with Crippen molar-refractivity contribution in [1.82, 2.24) is 4.90 Å². The number of hydrogen-bond donors (Lipinski definition) is 1. The SMILES string of the molecule is CCN(c1ccc(CN)c(Br)c1)C(C)CN(C)C. The van der Waals surface area contributed by atoms with Crippen LogP contribution >= 0.6 is 15.9 Å². The topological polar surface area (TPSA) is 32.5 Å². The third-order valence-electron chi connectivity index (χ3n) is 3.09. The third-order valence-corrected chi connectivity index (χ3v) is 3.83. The Morgan fingerprint density at radius 1 is 1.33 bits per heavy atom. The number of likely N-dealkylation sites (N-methyl/N-ethyl adjacent to an activating group) is 2. The number of halogens is 1. The minimum absolute atomic E-state index is 0.487. The lowest BCUT2D eigenvalue weighted by atomic mass is 10.1. The minimum Gasteiger partial charge on any atom is -0.368 e. The van der Waals surface area contributed by atoms with Gasteiger partial charge in [-0.05, 0) is 45.6 Å². The molecule has 4 heteroatoms. The van der Waals surface area contributed by atoms with Crippen LogP contribution in [0, 0.1) is 0 Å². The van der Waals surface area contributed by atoms with Gasteiger partial charge >= 0.3 is 0 Å². The van der Waals surface area contributed by atoms with E-state index in [9.17, 15) is 0 Å². The number of nitrogens with zero attached hydrogens (tertiary/aromatic N) is 2. The van der Waals surface area contributed by atoms with E-state index in [4.69, 9.17) is 5.73 Å². The molecule has 1 rings (SSSR count). The highest BCUT2D eigenvalue weighted by Crippen LogP contribution is 2.25. The summed E-state index contributed by atoms with van der Waals surface area (Å²) in [6.45, 7) is 7.07. The molecule has 1 aromatic rings. The molecule has 0 bridgehead atoms. The Bertz CT molecular complexity index is 379. The fourth-order valence-corrected chi connectivity index (χ4v) is 2.78. The fourth-order valence-electron chi connectivity index (χ4n) is 2.26. The molecule has 0 spiro atoms. The van der Waals surface area contributed by atoms with Gasteiger partial charge in [0.25, 0.3) is 0 Å². The summed E-state index contributed by atoms with van der Waals surface area (Å²) in [5, 5.41) is 0. The van der Waals surface area contributed by atoms with Gasteiger partial charge in [-0.1, -0.05) is 22.0 Å². The molecule has 0 saturated carbocycles. The lowest BCUT2D eigenvalue weighted by Crippen LogP contribution is -2.40. The molecular weight excluding hydrogens is 290 g/mol. The molecule has 0 aliphatic rings. The first-order valence-electron chi connectivity index (χ1n) is 6.39. The molecule has 0 radical (unpaired) electrons. The zero-order chi connectivity index (χ0) is 13.7. The van der Waals surface area contributed by atoms with Gasteiger partial charge in [-0.25, -0.2) is 0 Å². The summed E-state index contributed by atoms with van der Waals surface area (Å²) in [7, 11) is 4.22. The second kappa shape index (κ2) is 7.12. The van der Waals surface area contributed by atoms with Crippen LogP contribution in [0.25, 0.3) is 0 Å². The average molecular weight is 314 g/mol. The van der Waals surface area contributed by atoms with Gasteiger partial charge in [-0.2, -0.15) is 0 Å². The number of rotatable bonds is 6. The largest absolute Gasteiger partial charge is 0.368 e. The van der Waals surface area contributed by atoms with Crippen molar-refractivity contribution in [3.05, 3.63) is 28.2 Å². The lowest BCUT2D eigenvalue weighted by molar-refractivity contribution is 0.373. The van der Waals surface area contributed by atoms with Gasteiger partial charge in [0.15, 0.2) is 0 Å². The molecule has 0 amide bonds. The van der Waals surface area contributed by atoms with Crippen LogP contribution in [0.15, 0.2) is 22.7 Å². The lowest BCUT2D eigenvalue weighted by Gasteiger charge is -2.32. The highest BCUT2D eigenvalue weighted by atomic mass is 79.9. The molecule has 0 aliphatic heterocycles. The summed E-state index contributed by atoms with van der Waals surface area (Å²) in [6.07, 6.45) is 0. The molecular formula is C14H24BrN3. The van der Waals surface area contributed by atoms with E-state index in [0.717, 1.165) is 23.1 Å². The summed E-state index contributed by atoms with van der Waals surface area (Å²) in [4.78, 5) is 4.63. The molecule has 2 N–H and O–H groups in total. The highest BCUT2D eigenvalue weighted by molar-refractivity contribution is 9.10. The van der Waals surface area contributed by atoms with Gasteiger partial charge in [0.2, 0.25) is 0 Å². The summed E-state index contributed by atoms with van der Waals surface area (Å²) in [5.74, 6) is 0. The first kappa shape index (κ1) is 15.5. The first-order valence-corrected chi connectivity index (χ1v) is 7.18. The van der Waals surface area contributed by atoms with Crippen molar-refractivity contribution in [2.24, 2.45) is 5.73 Å². The van der Waals surface area contributed by atoms with Crippen molar-refractivity contribution in [2.45, 2.75) is 26.4 Å². The van der Waals surface area contributed by atoms with Crippen LogP contribution in [-0.4, -0.2) is 38.1 Å². The Kier molecular flexibility index (Phi) is 6.12. The molecule has 1 atom stereocenters. The maximum absolute atomic E-state index is 5.68. The quantitative estimate of drug-likeness (QED) is 0.876. The molecule has 0 aliphatic carbocycles. The van der Waals surface area contributed by atoms with Crippen LogP contribution in [0.5, 0.6) is 0 Å². The average Bonchev–Trinajstić information content (AvgIpc) is 2.29. The number of benzene rings is 1. The Labute approximate surface area is 119 Å². The van der Waals surface area contributed by atoms with E-state index in [1.807, 2.05) is 0 Å². The molecule has 102 valence electrons. The second-order valence-electron chi connectivity index (χ2n) is 4.88. The summed E-state index contributed by atoms with van der Waals surface area (Å²) in [6, 6.07) is 6.91. The maximum Gasteiger partial charge on any atom is 0.0388 e. The van der Waals surface area contributed by atoms with Gasteiger partial charge in [0.05, 0.1) is 0 Å². The van der Waals surface area contributed by atoms with Crippen molar-refractivity contribution in [3.8, 4) is 0 Å². The van der Waals surface area contributed by atoms with Crippen molar-refractivity contribution in [1.29, 1.82) is 0 Å². The normalized spacial score (nSPS) is 12.8. The Morgan fingerprint density at radius 2 is 2.00 bits per heavy atom. The van der Waals surface area contributed by atoms with Crippen LogP contribution in [0.2, 0.25) is 0 Å². The fraction of sp³-hybridized carbons (Fsp3) is 0.571. The van der Waals surface area contributed by atoms with E-state index in [0.29, 0.717) is 12.6 Å². The zero-order valence-corrected chi connectivity index (χ0v) is 13.4. The smallest absolute Gasteiger partial charge is 0.0388 e. The number of anilines is 1. The molecule has 1 unspecified atom stereocenters. The molecule has 0 heterocycles. The third kappa shape index (κ3) is 3.97. The monoisotopic (exact) mass is 313 g/mol. The molecule has 0 saturated heterocycles. The Balaban J connectivity index is 2.91. The van der Waals surface area contributed by atoms with Crippen LogP contribution in [-0.2, 0) is 6.54 Å². The maximum atomic E-state index is 5.68. The van der Waals surface area contributed by atoms with E-state index in [1.54, 1.807) is 0 Å². The number of nitrogens with two attached hydrogens (primary N) is 1. The van der Waals surface area contributed by atoms with Crippen molar-refractivity contribution < 1.29 is 0 Å². The van der Waals surface area contributed by atoms with Crippen LogP contribution < -0.4 is 10.6 Å². The Hall–Kier alpha value is -0.580. The first-order chi connectivity index (χ1) is 8.49. The van der Waals surface area contributed by atoms with Crippen molar-refractivity contribution >= 4 is 21.6 Å². The Morgan fingerprint density at radius 3 is 2.44 bits per heavy atom. The molecule has 18 heavy (non-hydrogen) atoms. The van der Waals surface area contributed by atoms with Crippen LogP contribution in [0.4, 0.5) is 5.69 Å². The van der Waals surface area contributed by atoms with Crippen molar-refractivity contribution in [2.75, 3.05) is 32.1 Å². The second-order valence-corrected chi connectivity index (χ2v) is 5.73. The van der Waals surface area contributed by atoms with Gasteiger partial charge < -0.3 is 15.5 Å². The van der Waals surface area contributed by atoms with Gasteiger partial charge in [0, 0.05) is 35.8 Å². The van der Waals surface area contributed by atoms with Gasteiger partial charge in [-0.15, -0.1) is 0 Å². The molecule has 1 aromatic carbocycles. The van der Waals surface area contributed by atoms with E-state index < -0.39 is 0 Å². The van der Waals surface area contributed by atoms with Crippen molar-refractivity contribution in [3.63, 3.8) is 0 Å². The summed E-state index contributed by atoms with van der Waals surface area (Å²) >= 11 is 3.59. The summed E-state index contributed by atoms with van der Waals surface area (Å²) in [5.41, 5.74) is 8.08. The molecule has 0 aromatic heterocycles. The van der Waals surface area contributed by atoms with E-state index in [2.05, 4.69) is 71.9 Å². The number of hydrogen-bond acceptors (Lipinski definition) is 3. The molecule has 0 fully saturated rings. The predicted octanol–water partition coefficient (Wildman–Crippen LogP) is 2.68. The van der Waals surface area contributed by atoms with Crippen LogP contribution in [0.3, 0.4) is 0 Å². The van der Waals surface area contributed by atoms with E-state index >= 15 is 0 Å². The predicted molar refractivity (Wildman–Crippen MR) is 83.1 cm³/mol. The van der Waals surface area contributed by atoms with Gasteiger partial charge in [0.1, 0.15) is 0 Å². The van der Waals surface area contributed by atoms with E-state index in [-0.39, 0.29) is 0 Å². The standard InChI is InChI=1S/C14H24BrN3/c1-5-18(11(2)10-17(3)4)13-7-6-12(9-16)14(15)8-13/h6-8,11H,5,9-10,16H2,1-4H3. The minimum atomic E-state index is 0.487. The summed E-state index contributed by atoms with van der Waals surface area (Å²) < 4.78 is 1.10.